The lowest BCUT2D eigenvalue weighted by atomic mass is 9.99. The van der Waals surface area contributed by atoms with E-state index in [1.807, 2.05) is 36.4 Å². The van der Waals surface area contributed by atoms with Gasteiger partial charge in [-0.05, 0) is 47.9 Å². The summed E-state index contributed by atoms with van der Waals surface area (Å²) in [6.45, 7) is 1.95. The largest absolute Gasteiger partial charge is 0.496 e. The van der Waals surface area contributed by atoms with Crippen molar-refractivity contribution in [3.05, 3.63) is 70.0 Å². The number of fused-ring (bicyclic) bond motifs is 1. The first-order valence-electron chi connectivity index (χ1n) is 9.80. The lowest BCUT2D eigenvalue weighted by molar-refractivity contribution is 0.185. The van der Waals surface area contributed by atoms with Gasteiger partial charge in [-0.3, -0.25) is 9.69 Å². The predicted octanol–water partition coefficient (Wildman–Crippen LogP) is 2.95. The van der Waals surface area contributed by atoms with Gasteiger partial charge in [0.05, 0.1) is 33.7 Å². The van der Waals surface area contributed by atoms with E-state index in [4.69, 9.17) is 14.2 Å². The molecule has 1 aliphatic rings. The van der Waals surface area contributed by atoms with Gasteiger partial charge in [0.2, 0.25) is 0 Å². The Bertz CT molecular complexity index is 1110. The molecule has 0 saturated heterocycles. The fourth-order valence-corrected chi connectivity index (χ4v) is 3.80. The maximum Gasteiger partial charge on any atom is 0.268 e. The molecule has 156 valence electrons. The summed E-state index contributed by atoms with van der Waals surface area (Å²) in [5, 5.41) is 4.60. The molecule has 3 aromatic rings. The van der Waals surface area contributed by atoms with Crippen LogP contribution >= 0.6 is 0 Å². The van der Waals surface area contributed by atoms with Crippen molar-refractivity contribution in [1.29, 1.82) is 0 Å². The van der Waals surface area contributed by atoms with Crippen LogP contribution in [0.25, 0.3) is 11.3 Å². The summed E-state index contributed by atoms with van der Waals surface area (Å²) in [4.78, 5) is 14.7. The van der Waals surface area contributed by atoms with E-state index in [9.17, 15) is 4.79 Å². The molecule has 0 spiro atoms. The molecule has 7 heteroatoms. The van der Waals surface area contributed by atoms with Gasteiger partial charge < -0.3 is 14.2 Å². The minimum absolute atomic E-state index is 0.133. The normalized spacial score (nSPS) is 13.6. The summed E-state index contributed by atoms with van der Waals surface area (Å²) in [6.07, 6.45) is 0.872. The highest BCUT2D eigenvalue weighted by Gasteiger charge is 2.20. The number of hydrogen-bond acceptors (Lipinski definition) is 6. The van der Waals surface area contributed by atoms with Gasteiger partial charge >= 0.3 is 0 Å². The van der Waals surface area contributed by atoms with Gasteiger partial charge in [-0.15, -0.1) is 0 Å². The molecular formula is C23H25N3O4. The van der Waals surface area contributed by atoms with Crippen molar-refractivity contribution in [2.75, 3.05) is 27.9 Å². The number of rotatable bonds is 6. The summed E-state index contributed by atoms with van der Waals surface area (Å²) in [5.74, 6) is 2.18. The Kier molecular flexibility index (Phi) is 5.72. The van der Waals surface area contributed by atoms with Crippen molar-refractivity contribution in [1.82, 2.24) is 14.7 Å². The first kappa shape index (κ1) is 20.0. The van der Waals surface area contributed by atoms with Gasteiger partial charge in [-0.25, -0.2) is 4.68 Å². The summed E-state index contributed by atoms with van der Waals surface area (Å²) in [6, 6.07) is 15.0. The number of nitrogens with zero attached hydrogens (tertiary/aromatic N) is 3. The Morgan fingerprint density at radius 1 is 0.900 bits per heavy atom. The average Bonchev–Trinajstić information content (AvgIpc) is 2.79. The van der Waals surface area contributed by atoms with Crippen molar-refractivity contribution in [3.63, 3.8) is 0 Å². The number of ether oxygens (including phenoxy) is 3. The molecule has 4 rings (SSSR count). The zero-order valence-corrected chi connectivity index (χ0v) is 17.4. The zero-order valence-electron chi connectivity index (χ0n) is 17.4. The van der Waals surface area contributed by atoms with Crippen LogP contribution in [0.1, 0.15) is 11.1 Å². The second-order valence-corrected chi connectivity index (χ2v) is 7.18. The van der Waals surface area contributed by atoms with Gasteiger partial charge in [0, 0.05) is 24.7 Å². The van der Waals surface area contributed by atoms with Gasteiger partial charge in [0.25, 0.3) is 5.56 Å². The van der Waals surface area contributed by atoms with E-state index in [0.29, 0.717) is 24.7 Å². The minimum Gasteiger partial charge on any atom is -0.496 e. The fourth-order valence-electron chi connectivity index (χ4n) is 3.80. The van der Waals surface area contributed by atoms with E-state index in [2.05, 4.69) is 10.00 Å². The summed E-state index contributed by atoms with van der Waals surface area (Å²) >= 11 is 0. The standard InChI is InChI=1S/C23H25N3O4/c1-28-20-7-5-4-6-18(20)19-8-9-23(27)26(24-19)15-25-11-10-16-12-21(29-2)22(30-3)13-17(16)14-25/h4-9,12-13H,10-11,14-15H2,1-3H3. The Morgan fingerprint density at radius 3 is 2.33 bits per heavy atom. The second kappa shape index (κ2) is 8.59. The second-order valence-electron chi connectivity index (χ2n) is 7.18. The topological polar surface area (TPSA) is 65.8 Å². The smallest absolute Gasteiger partial charge is 0.268 e. The Morgan fingerprint density at radius 2 is 1.60 bits per heavy atom. The molecule has 0 N–H and O–H groups in total. The lowest BCUT2D eigenvalue weighted by Gasteiger charge is -2.29. The van der Waals surface area contributed by atoms with Crippen LogP contribution in [0.2, 0.25) is 0 Å². The van der Waals surface area contributed by atoms with Crippen molar-refractivity contribution >= 4 is 0 Å². The maximum atomic E-state index is 12.5. The number of aromatic nitrogens is 2. The van der Waals surface area contributed by atoms with Crippen LogP contribution < -0.4 is 19.8 Å². The molecule has 1 aromatic heterocycles. The molecule has 2 heterocycles. The van der Waals surface area contributed by atoms with Gasteiger partial charge in [-0.1, -0.05) is 12.1 Å². The predicted molar refractivity (Wildman–Crippen MR) is 114 cm³/mol. The van der Waals surface area contributed by atoms with Crippen molar-refractivity contribution in [2.45, 2.75) is 19.6 Å². The molecule has 30 heavy (non-hydrogen) atoms. The molecule has 0 bridgehead atoms. The molecule has 0 radical (unpaired) electrons. The molecule has 0 aliphatic carbocycles. The van der Waals surface area contributed by atoms with Crippen LogP contribution in [0.4, 0.5) is 0 Å². The van der Waals surface area contributed by atoms with E-state index >= 15 is 0 Å². The number of methoxy groups -OCH3 is 3. The molecule has 0 atom stereocenters. The highest BCUT2D eigenvalue weighted by molar-refractivity contribution is 5.66. The van der Waals surface area contributed by atoms with Crippen molar-refractivity contribution < 1.29 is 14.2 Å². The molecular weight excluding hydrogens is 382 g/mol. The molecule has 2 aromatic carbocycles. The Labute approximate surface area is 175 Å². The SMILES string of the molecule is COc1cc2c(cc1OC)CN(Cn1nc(-c3ccccc3OC)ccc1=O)CC2. The lowest BCUT2D eigenvalue weighted by Crippen LogP contribution is -2.37. The van der Waals surface area contributed by atoms with Crippen LogP contribution in [-0.2, 0) is 19.6 Å². The van der Waals surface area contributed by atoms with Crippen LogP contribution in [0.3, 0.4) is 0 Å². The maximum absolute atomic E-state index is 12.5. The first-order valence-corrected chi connectivity index (χ1v) is 9.80. The monoisotopic (exact) mass is 407 g/mol. The molecule has 7 nitrogen and oxygen atoms in total. The third-order valence-corrected chi connectivity index (χ3v) is 5.38. The van der Waals surface area contributed by atoms with E-state index < -0.39 is 0 Å². The highest BCUT2D eigenvalue weighted by atomic mass is 16.5. The van der Waals surface area contributed by atoms with Crippen LogP contribution in [0.15, 0.2) is 53.3 Å². The minimum atomic E-state index is -0.133. The zero-order chi connectivity index (χ0) is 21.1. The molecule has 0 unspecified atom stereocenters. The number of benzene rings is 2. The third-order valence-electron chi connectivity index (χ3n) is 5.38. The highest BCUT2D eigenvalue weighted by Crippen LogP contribution is 2.33. The van der Waals surface area contributed by atoms with Gasteiger partial charge in [0.15, 0.2) is 11.5 Å². The Hall–Kier alpha value is -3.32. The van der Waals surface area contributed by atoms with Crippen molar-refractivity contribution in [2.24, 2.45) is 0 Å². The third kappa shape index (κ3) is 3.89. The quantitative estimate of drug-likeness (QED) is 0.626. The van der Waals surface area contributed by atoms with Crippen molar-refractivity contribution in [3.8, 4) is 28.5 Å². The summed E-state index contributed by atoms with van der Waals surface area (Å²) < 4.78 is 17.8. The van der Waals surface area contributed by atoms with E-state index in [0.717, 1.165) is 30.0 Å². The first-order chi connectivity index (χ1) is 14.6. The van der Waals surface area contributed by atoms with Crippen LogP contribution in [-0.4, -0.2) is 42.6 Å². The van der Waals surface area contributed by atoms with Crippen LogP contribution in [0, 0.1) is 0 Å². The molecule has 0 fully saturated rings. The van der Waals surface area contributed by atoms with Crippen LogP contribution in [0.5, 0.6) is 17.2 Å². The molecule has 0 saturated carbocycles. The number of hydrogen-bond donors (Lipinski definition) is 0. The fraction of sp³-hybridized carbons (Fsp3) is 0.304. The summed E-state index contributed by atoms with van der Waals surface area (Å²) in [7, 11) is 4.91. The summed E-state index contributed by atoms with van der Waals surface area (Å²) in [5.41, 5.74) is 3.84. The average molecular weight is 407 g/mol. The molecule has 0 amide bonds. The van der Waals surface area contributed by atoms with Gasteiger partial charge in [-0.2, -0.15) is 5.10 Å². The van der Waals surface area contributed by atoms with Gasteiger partial charge in [0.1, 0.15) is 5.75 Å². The van der Waals surface area contributed by atoms with E-state index in [1.54, 1.807) is 33.5 Å². The van der Waals surface area contributed by atoms with E-state index in [1.165, 1.54) is 15.8 Å². The Balaban J connectivity index is 1.59. The molecule has 1 aliphatic heterocycles. The number of para-hydroxylation sites is 1. The van der Waals surface area contributed by atoms with E-state index in [-0.39, 0.29) is 5.56 Å².